The van der Waals surface area contributed by atoms with Gasteiger partial charge >= 0.3 is 18.2 Å². The van der Waals surface area contributed by atoms with Gasteiger partial charge in [0.25, 0.3) is 0 Å². The van der Waals surface area contributed by atoms with E-state index < -0.39 is 55.0 Å². The van der Waals surface area contributed by atoms with Crippen LogP contribution in [0.15, 0.2) is 18.5 Å². The van der Waals surface area contributed by atoms with Gasteiger partial charge in [0.15, 0.2) is 0 Å². The lowest BCUT2D eigenvalue weighted by atomic mass is 9.96. The third-order valence-electron chi connectivity index (χ3n) is 3.91. The van der Waals surface area contributed by atoms with Crippen LogP contribution in [0.1, 0.15) is 18.5 Å². The predicted octanol–water partition coefficient (Wildman–Crippen LogP) is 2.19. The Morgan fingerprint density at radius 2 is 2.04 bits per heavy atom. The lowest BCUT2D eigenvalue weighted by molar-refractivity contribution is -0.187. The van der Waals surface area contributed by atoms with Crippen LogP contribution < -0.4 is 5.32 Å². The molecule has 2 amide bonds. The molecule has 1 aromatic heterocycles. The SMILES string of the molecule is C[C@H](NC(=O)N1C[C@@H](C(F)(F)F)[C@H](C(=O)O)C1)c1cncc(F)c1. The number of nitrogens with zero attached hydrogens (tertiary/aromatic N) is 2. The highest BCUT2D eigenvalue weighted by molar-refractivity contribution is 5.78. The van der Waals surface area contributed by atoms with Crippen molar-refractivity contribution in [2.75, 3.05) is 13.1 Å². The Kier molecular flexibility index (Phi) is 4.95. The number of rotatable bonds is 3. The average Bonchev–Trinajstić information content (AvgIpc) is 2.92. The molecule has 6 nitrogen and oxygen atoms in total. The molecule has 2 N–H and O–H groups in total. The average molecular weight is 349 g/mol. The zero-order chi connectivity index (χ0) is 18.1. The zero-order valence-electron chi connectivity index (χ0n) is 12.5. The molecule has 1 aliphatic rings. The normalized spacial score (nSPS) is 22.3. The molecule has 1 aromatic rings. The first kappa shape index (κ1) is 18.0. The van der Waals surface area contributed by atoms with Crippen molar-refractivity contribution in [2.24, 2.45) is 11.8 Å². The van der Waals surface area contributed by atoms with E-state index in [1.807, 2.05) is 0 Å². The molecule has 2 heterocycles. The number of amides is 2. The number of aromatic nitrogens is 1. The summed E-state index contributed by atoms with van der Waals surface area (Å²) in [5, 5.41) is 11.3. The second-order valence-corrected chi connectivity index (χ2v) is 5.61. The number of carboxylic acid groups (broad SMARTS) is 1. The van der Waals surface area contributed by atoms with Crippen LogP contribution in [0.25, 0.3) is 0 Å². The minimum atomic E-state index is -4.71. The number of hydrogen-bond acceptors (Lipinski definition) is 3. The Bertz CT molecular complexity index is 638. The lowest BCUT2D eigenvalue weighted by Crippen LogP contribution is -2.40. The maximum Gasteiger partial charge on any atom is 0.394 e. The number of pyridine rings is 1. The van der Waals surface area contributed by atoms with Gasteiger partial charge in [-0.25, -0.2) is 9.18 Å². The van der Waals surface area contributed by atoms with E-state index in [0.717, 1.165) is 17.2 Å². The van der Waals surface area contributed by atoms with Gasteiger partial charge in [0.2, 0.25) is 0 Å². The molecule has 1 aliphatic heterocycles. The molecule has 2 rings (SSSR count). The number of carboxylic acids is 1. The van der Waals surface area contributed by atoms with Crippen molar-refractivity contribution in [3.8, 4) is 0 Å². The van der Waals surface area contributed by atoms with E-state index in [9.17, 15) is 27.2 Å². The lowest BCUT2D eigenvalue weighted by Gasteiger charge is -2.21. The van der Waals surface area contributed by atoms with Gasteiger partial charge in [-0.1, -0.05) is 0 Å². The Hall–Kier alpha value is -2.39. The fraction of sp³-hybridized carbons (Fsp3) is 0.500. The Labute approximate surface area is 134 Å². The highest BCUT2D eigenvalue weighted by Gasteiger charge is 2.53. The van der Waals surface area contributed by atoms with Gasteiger partial charge in [0, 0.05) is 19.3 Å². The molecule has 0 saturated carbocycles. The number of halogens is 4. The monoisotopic (exact) mass is 349 g/mol. The Balaban J connectivity index is 2.06. The predicted molar refractivity (Wildman–Crippen MR) is 73.4 cm³/mol. The summed E-state index contributed by atoms with van der Waals surface area (Å²) in [6.07, 6.45) is -2.42. The number of urea groups is 1. The molecule has 0 spiro atoms. The number of carbonyl (C=O) groups excluding carboxylic acids is 1. The van der Waals surface area contributed by atoms with Crippen LogP contribution in [-0.4, -0.2) is 46.3 Å². The van der Waals surface area contributed by atoms with Crippen LogP contribution in [0.3, 0.4) is 0 Å². The number of hydrogen-bond donors (Lipinski definition) is 2. The highest BCUT2D eigenvalue weighted by Crippen LogP contribution is 2.37. The molecule has 0 aromatic carbocycles. The van der Waals surface area contributed by atoms with Crippen LogP contribution in [0, 0.1) is 17.7 Å². The van der Waals surface area contributed by atoms with E-state index in [1.165, 1.54) is 13.1 Å². The van der Waals surface area contributed by atoms with Gasteiger partial charge in [-0.3, -0.25) is 9.78 Å². The zero-order valence-corrected chi connectivity index (χ0v) is 12.5. The number of nitrogens with one attached hydrogen (secondary N) is 1. The smallest absolute Gasteiger partial charge is 0.394 e. The van der Waals surface area contributed by atoms with E-state index in [1.54, 1.807) is 0 Å². The third kappa shape index (κ3) is 3.92. The van der Waals surface area contributed by atoms with Crippen molar-refractivity contribution >= 4 is 12.0 Å². The molecule has 3 atom stereocenters. The minimum absolute atomic E-state index is 0.338. The summed E-state index contributed by atoms with van der Waals surface area (Å²) in [6.45, 7) is 0.236. The van der Waals surface area contributed by atoms with E-state index in [4.69, 9.17) is 5.11 Å². The number of alkyl halides is 3. The topological polar surface area (TPSA) is 82.5 Å². The van der Waals surface area contributed by atoms with Crippen molar-refractivity contribution in [3.63, 3.8) is 0 Å². The Morgan fingerprint density at radius 3 is 2.54 bits per heavy atom. The minimum Gasteiger partial charge on any atom is -0.481 e. The summed E-state index contributed by atoms with van der Waals surface area (Å²) in [5.41, 5.74) is 0.338. The number of aliphatic carboxylic acids is 1. The van der Waals surface area contributed by atoms with Crippen LogP contribution >= 0.6 is 0 Å². The Morgan fingerprint density at radius 1 is 1.38 bits per heavy atom. The maximum absolute atomic E-state index is 13.1. The van der Waals surface area contributed by atoms with Crippen LogP contribution in [0.5, 0.6) is 0 Å². The molecule has 0 bridgehead atoms. The van der Waals surface area contributed by atoms with E-state index in [0.29, 0.717) is 5.56 Å². The molecule has 0 aliphatic carbocycles. The molecule has 0 radical (unpaired) electrons. The van der Waals surface area contributed by atoms with E-state index >= 15 is 0 Å². The first-order valence-electron chi connectivity index (χ1n) is 7.05. The molecule has 10 heteroatoms. The van der Waals surface area contributed by atoms with Gasteiger partial charge in [-0.15, -0.1) is 0 Å². The molecular weight excluding hydrogens is 334 g/mol. The first-order chi connectivity index (χ1) is 11.1. The summed E-state index contributed by atoms with van der Waals surface area (Å²) in [5.74, 6) is -6.04. The van der Waals surface area contributed by atoms with Crippen molar-refractivity contribution in [1.29, 1.82) is 0 Å². The van der Waals surface area contributed by atoms with Gasteiger partial charge in [-0.05, 0) is 18.6 Å². The number of carbonyl (C=O) groups is 2. The standard InChI is InChI=1S/C14H15F4N3O3/c1-7(8-2-9(15)4-19-3-8)20-13(24)21-5-10(12(22)23)11(6-21)14(16,17)18/h2-4,7,10-11H,5-6H2,1H3,(H,20,24)(H,22,23)/t7-,10+,11+/m0/s1. The first-order valence-corrected chi connectivity index (χ1v) is 7.05. The van der Waals surface area contributed by atoms with Gasteiger partial charge in [0.05, 0.1) is 24.1 Å². The molecule has 0 unspecified atom stereocenters. The largest absolute Gasteiger partial charge is 0.481 e. The van der Waals surface area contributed by atoms with Crippen LogP contribution in [-0.2, 0) is 4.79 Å². The molecule has 132 valence electrons. The summed E-state index contributed by atoms with van der Waals surface area (Å²) >= 11 is 0. The maximum atomic E-state index is 13.1. The molecule has 24 heavy (non-hydrogen) atoms. The highest BCUT2D eigenvalue weighted by atomic mass is 19.4. The van der Waals surface area contributed by atoms with Gasteiger partial charge < -0.3 is 15.3 Å². The quantitative estimate of drug-likeness (QED) is 0.820. The number of likely N-dealkylation sites (tertiary alicyclic amines) is 1. The summed E-state index contributed by atoms with van der Waals surface area (Å²) in [4.78, 5) is 27.5. The molecule has 1 fully saturated rings. The van der Waals surface area contributed by atoms with Crippen molar-refractivity contribution < 1.29 is 32.3 Å². The van der Waals surface area contributed by atoms with Gasteiger partial charge in [-0.2, -0.15) is 13.2 Å². The van der Waals surface area contributed by atoms with E-state index in [2.05, 4.69) is 10.3 Å². The molecule has 1 saturated heterocycles. The molecular formula is C14H15F4N3O3. The summed E-state index contributed by atoms with van der Waals surface area (Å²) in [7, 11) is 0. The van der Waals surface area contributed by atoms with E-state index in [-0.39, 0.29) is 0 Å². The second kappa shape index (κ2) is 6.62. The summed E-state index contributed by atoms with van der Waals surface area (Å²) in [6, 6.07) is -0.404. The second-order valence-electron chi connectivity index (χ2n) is 5.61. The fourth-order valence-corrected chi connectivity index (χ4v) is 2.58. The van der Waals surface area contributed by atoms with Gasteiger partial charge in [0.1, 0.15) is 5.82 Å². The van der Waals surface area contributed by atoms with Crippen molar-refractivity contribution in [3.05, 3.63) is 29.8 Å². The van der Waals surface area contributed by atoms with Crippen molar-refractivity contribution in [1.82, 2.24) is 15.2 Å². The van der Waals surface area contributed by atoms with Crippen molar-refractivity contribution in [2.45, 2.75) is 19.1 Å². The van der Waals surface area contributed by atoms with Crippen LogP contribution in [0.4, 0.5) is 22.4 Å². The summed E-state index contributed by atoms with van der Waals surface area (Å²) < 4.78 is 51.8. The fourth-order valence-electron chi connectivity index (χ4n) is 2.58. The third-order valence-corrected chi connectivity index (χ3v) is 3.91. The van der Waals surface area contributed by atoms with Crippen LogP contribution in [0.2, 0.25) is 0 Å².